The van der Waals surface area contributed by atoms with Crippen LogP contribution in [0.15, 0.2) is 23.8 Å². The summed E-state index contributed by atoms with van der Waals surface area (Å²) in [5, 5.41) is 15.3. The zero-order chi connectivity index (χ0) is 17.1. The van der Waals surface area contributed by atoms with Crippen LogP contribution in [0.4, 0.5) is 0 Å². The van der Waals surface area contributed by atoms with Crippen LogP contribution in [0.5, 0.6) is 0 Å². The fraction of sp³-hybridized carbons (Fsp3) is 0.556. The molecule has 0 spiro atoms. The van der Waals surface area contributed by atoms with Crippen molar-refractivity contribution in [1.82, 2.24) is 19.6 Å². The zero-order valence-electron chi connectivity index (χ0n) is 14.6. The molecule has 2 aromatic rings. The Morgan fingerprint density at radius 3 is 2.96 bits per heavy atom. The maximum atomic E-state index is 8.97. The predicted molar refractivity (Wildman–Crippen MR) is 96.7 cm³/mol. The standard InChI is InChI=1S/C18H25N5S/c1-21(12-17-7-14(8-19)13-24-17)10-15-5-4-6-22(2)18(15)16-9-20-23(3)11-16/h7,9,11,13,15,18H,4-6,10,12H2,1-3H3/t15-,18+/m0/s1. The highest BCUT2D eigenvalue weighted by Gasteiger charge is 2.32. The van der Waals surface area contributed by atoms with E-state index in [1.54, 1.807) is 11.3 Å². The Morgan fingerprint density at radius 1 is 1.46 bits per heavy atom. The van der Waals surface area contributed by atoms with Gasteiger partial charge in [-0.25, -0.2) is 0 Å². The number of nitriles is 1. The van der Waals surface area contributed by atoms with Crippen molar-refractivity contribution in [3.8, 4) is 6.07 Å². The third-order valence-electron chi connectivity index (χ3n) is 4.83. The van der Waals surface area contributed by atoms with Gasteiger partial charge in [-0.1, -0.05) is 0 Å². The second-order valence-corrected chi connectivity index (χ2v) is 7.88. The minimum Gasteiger partial charge on any atom is -0.301 e. The molecule has 0 amide bonds. The second-order valence-electron chi connectivity index (χ2n) is 6.89. The first-order valence-electron chi connectivity index (χ1n) is 8.41. The Balaban J connectivity index is 1.68. The lowest BCUT2D eigenvalue weighted by molar-refractivity contribution is 0.0928. The number of likely N-dealkylation sites (tertiary alicyclic amines) is 1. The SMILES string of the molecule is CN(Cc1cc(C#N)cs1)C[C@@H]1CCCN(C)[C@H]1c1cnn(C)c1. The third-order valence-corrected chi connectivity index (χ3v) is 5.75. The van der Waals surface area contributed by atoms with E-state index in [2.05, 4.69) is 41.3 Å². The molecule has 0 bridgehead atoms. The fourth-order valence-electron chi connectivity index (χ4n) is 3.82. The van der Waals surface area contributed by atoms with Crippen molar-refractivity contribution in [2.75, 3.05) is 27.2 Å². The Kier molecular flexibility index (Phi) is 5.34. The highest BCUT2D eigenvalue weighted by molar-refractivity contribution is 7.10. The minimum absolute atomic E-state index is 0.438. The van der Waals surface area contributed by atoms with Crippen molar-refractivity contribution >= 4 is 11.3 Å². The van der Waals surface area contributed by atoms with Crippen LogP contribution in [0, 0.1) is 17.2 Å². The van der Waals surface area contributed by atoms with E-state index in [0.29, 0.717) is 12.0 Å². The molecule has 0 aliphatic carbocycles. The number of piperidine rings is 1. The molecule has 2 aromatic heterocycles. The Morgan fingerprint density at radius 2 is 2.29 bits per heavy atom. The largest absolute Gasteiger partial charge is 0.301 e. The molecule has 6 heteroatoms. The first-order chi connectivity index (χ1) is 11.6. The molecule has 0 radical (unpaired) electrons. The van der Waals surface area contributed by atoms with Crippen molar-refractivity contribution in [3.63, 3.8) is 0 Å². The van der Waals surface area contributed by atoms with Crippen molar-refractivity contribution < 1.29 is 0 Å². The molecule has 0 aromatic carbocycles. The predicted octanol–water partition coefficient (Wildman–Crippen LogP) is 2.87. The maximum Gasteiger partial charge on any atom is 0.100 e. The molecular formula is C18H25N5S. The van der Waals surface area contributed by atoms with Gasteiger partial charge >= 0.3 is 0 Å². The van der Waals surface area contributed by atoms with Gasteiger partial charge in [-0.05, 0) is 45.5 Å². The van der Waals surface area contributed by atoms with E-state index in [9.17, 15) is 0 Å². The van der Waals surface area contributed by atoms with Gasteiger partial charge < -0.3 is 4.90 Å². The van der Waals surface area contributed by atoms with Crippen LogP contribution >= 0.6 is 11.3 Å². The molecule has 1 aliphatic heterocycles. The summed E-state index contributed by atoms with van der Waals surface area (Å²) in [6.07, 6.45) is 6.67. The number of aromatic nitrogens is 2. The molecule has 1 fully saturated rings. The molecule has 0 saturated carbocycles. The molecule has 1 saturated heterocycles. The summed E-state index contributed by atoms with van der Waals surface area (Å²) in [6.45, 7) is 3.12. The van der Waals surface area contributed by atoms with E-state index in [4.69, 9.17) is 5.26 Å². The third kappa shape index (κ3) is 3.86. The van der Waals surface area contributed by atoms with Gasteiger partial charge in [0.25, 0.3) is 0 Å². The smallest absolute Gasteiger partial charge is 0.100 e. The molecule has 1 aliphatic rings. The van der Waals surface area contributed by atoms with Crippen LogP contribution < -0.4 is 0 Å². The van der Waals surface area contributed by atoms with Gasteiger partial charge in [-0.3, -0.25) is 9.58 Å². The molecular weight excluding hydrogens is 318 g/mol. The number of nitrogens with zero attached hydrogens (tertiary/aromatic N) is 5. The summed E-state index contributed by atoms with van der Waals surface area (Å²) in [7, 11) is 6.39. The average molecular weight is 344 g/mol. The fourth-order valence-corrected chi connectivity index (χ4v) is 4.71. The van der Waals surface area contributed by atoms with Crippen LogP contribution in [0.25, 0.3) is 0 Å². The number of hydrogen-bond acceptors (Lipinski definition) is 5. The molecule has 3 rings (SSSR count). The van der Waals surface area contributed by atoms with Crippen molar-refractivity contribution in [1.29, 1.82) is 5.26 Å². The van der Waals surface area contributed by atoms with E-state index in [1.807, 2.05) is 29.4 Å². The Hall–Kier alpha value is -1.68. The van der Waals surface area contributed by atoms with E-state index in [-0.39, 0.29) is 0 Å². The first kappa shape index (κ1) is 17.2. The quantitative estimate of drug-likeness (QED) is 0.837. The van der Waals surface area contributed by atoms with Crippen LogP contribution in [0.2, 0.25) is 0 Å². The van der Waals surface area contributed by atoms with Gasteiger partial charge in [0.1, 0.15) is 6.07 Å². The number of hydrogen-bond donors (Lipinski definition) is 0. The lowest BCUT2D eigenvalue weighted by Gasteiger charge is -2.40. The molecule has 5 nitrogen and oxygen atoms in total. The molecule has 3 heterocycles. The van der Waals surface area contributed by atoms with E-state index < -0.39 is 0 Å². The highest BCUT2D eigenvalue weighted by atomic mass is 32.1. The minimum atomic E-state index is 0.438. The van der Waals surface area contributed by atoms with Crippen molar-refractivity contribution in [3.05, 3.63) is 39.8 Å². The lowest BCUT2D eigenvalue weighted by Crippen LogP contribution is -2.40. The zero-order valence-corrected chi connectivity index (χ0v) is 15.5. The van der Waals surface area contributed by atoms with Gasteiger partial charge in [0, 0.05) is 48.2 Å². The van der Waals surface area contributed by atoms with Crippen LogP contribution in [0.1, 0.15) is 34.9 Å². The van der Waals surface area contributed by atoms with Crippen molar-refractivity contribution in [2.45, 2.75) is 25.4 Å². The second kappa shape index (κ2) is 7.47. The molecule has 24 heavy (non-hydrogen) atoms. The van der Waals surface area contributed by atoms with E-state index in [1.165, 1.54) is 23.3 Å². The molecule has 0 N–H and O–H groups in total. The van der Waals surface area contributed by atoms with Crippen LogP contribution in [0.3, 0.4) is 0 Å². The summed E-state index contributed by atoms with van der Waals surface area (Å²) in [5.74, 6) is 0.605. The topological polar surface area (TPSA) is 48.1 Å². The maximum absolute atomic E-state index is 8.97. The van der Waals surface area contributed by atoms with Gasteiger partial charge in [0.05, 0.1) is 11.8 Å². The van der Waals surface area contributed by atoms with Gasteiger partial charge in [-0.15, -0.1) is 11.3 Å². The number of aryl methyl sites for hydroxylation is 1. The summed E-state index contributed by atoms with van der Waals surface area (Å²) < 4.78 is 1.90. The summed E-state index contributed by atoms with van der Waals surface area (Å²) >= 11 is 1.68. The summed E-state index contributed by atoms with van der Waals surface area (Å²) in [5.41, 5.74) is 2.09. The first-order valence-corrected chi connectivity index (χ1v) is 9.29. The monoisotopic (exact) mass is 343 g/mol. The molecule has 2 atom stereocenters. The Bertz CT molecular complexity index is 713. The highest BCUT2D eigenvalue weighted by Crippen LogP contribution is 2.35. The molecule has 128 valence electrons. The number of rotatable bonds is 5. The number of thiophene rings is 1. The van der Waals surface area contributed by atoms with Crippen LogP contribution in [-0.2, 0) is 13.6 Å². The van der Waals surface area contributed by atoms with E-state index >= 15 is 0 Å². The normalized spacial score (nSPS) is 22.0. The Labute approximate surface area is 148 Å². The van der Waals surface area contributed by atoms with E-state index in [0.717, 1.165) is 25.2 Å². The average Bonchev–Trinajstić information content (AvgIpc) is 3.16. The summed E-state index contributed by atoms with van der Waals surface area (Å²) in [6, 6.07) is 4.66. The lowest BCUT2D eigenvalue weighted by atomic mass is 9.86. The van der Waals surface area contributed by atoms with Gasteiger partial charge in [0.15, 0.2) is 0 Å². The van der Waals surface area contributed by atoms with Crippen molar-refractivity contribution in [2.24, 2.45) is 13.0 Å². The van der Waals surface area contributed by atoms with Gasteiger partial charge in [0.2, 0.25) is 0 Å². The molecule has 0 unspecified atom stereocenters. The van der Waals surface area contributed by atoms with Gasteiger partial charge in [-0.2, -0.15) is 10.4 Å². The summed E-state index contributed by atoms with van der Waals surface area (Å²) in [4.78, 5) is 6.12. The van der Waals surface area contributed by atoms with Crippen LogP contribution in [-0.4, -0.2) is 46.8 Å².